The minimum Gasteiger partial charge on any atom is -0.443 e. The van der Waals surface area contributed by atoms with E-state index in [1.165, 1.54) is 0 Å². The smallest absolute Gasteiger partial charge is 0.414 e. The van der Waals surface area contributed by atoms with Crippen LogP contribution in [0.5, 0.6) is 0 Å². The highest BCUT2D eigenvalue weighted by Crippen LogP contribution is 2.31. The molecule has 1 aromatic carbocycles. The van der Waals surface area contributed by atoms with E-state index < -0.39 is 5.60 Å². The zero-order valence-electron chi connectivity index (χ0n) is 10.9. The molecule has 0 aliphatic carbocycles. The van der Waals surface area contributed by atoms with Crippen LogP contribution in [-0.4, -0.2) is 24.5 Å². The van der Waals surface area contributed by atoms with Gasteiger partial charge in [-0.3, -0.25) is 9.69 Å². The number of hydrogen-bond acceptors (Lipinski definition) is 3. The highest BCUT2D eigenvalue weighted by molar-refractivity contribution is 5.93. The van der Waals surface area contributed by atoms with Gasteiger partial charge in [-0.05, 0) is 38.8 Å². The van der Waals surface area contributed by atoms with E-state index in [9.17, 15) is 9.59 Å². The number of benzene rings is 1. The van der Waals surface area contributed by atoms with Gasteiger partial charge < -0.3 is 4.74 Å². The maximum absolute atomic E-state index is 12.0. The van der Waals surface area contributed by atoms with E-state index in [4.69, 9.17) is 4.74 Å². The predicted molar refractivity (Wildman–Crippen MR) is 69.1 cm³/mol. The Morgan fingerprint density at radius 1 is 1.39 bits per heavy atom. The van der Waals surface area contributed by atoms with Crippen LogP contribution in [0.4, 0.5) is 10.5 Å². The highest BCUT2D eigenvalue weighted by Gasteiger charge is 2.29. The second kappa shape index (κ2) is 4.44. The van der Waals surface area contributed by atoms with E-state index in [0.29, 0.717) is 18.5 Å². The number of fused-ring (bicyclic) bond motifs is 1. The van der Waals surface area contributed by atoms with Crippen LogP contribution in [0.15, 0.2) is 18.2 Å². The minimum atomic E-state index is -0.512. The fraction of sp³-hybridized carbons (Fsp3) is 0.429. The summed E-state index contributed by atoms with van der Waals surface area (Å²) in [5.74, 6) is 0. The molecule has 0 saturated carbocycles. The second-order valence-electron chi connectivity index (χ2n) is 5.34. The fourth-order valence-electron chi connectivity index (χ4n) is 2.08. The van der Waals surface area contributed by atoms with E-state index in [-0.39, 0.29) is 6.09 Å². The molecule has 0 bridgehead atoms. The average molecular weight is 247 g/mol. The monoisotopic (exact) mass is 247 g/mol. The van der Waals surface area contributed by atoms with Crippen molar-refractivity contribution in [2.24, 2.45) is 0 Å². The molecule has 4 heteroatoms. The lowest BCUT2D eigenvalue weighted by Crippen LogP contribution is -2.35. The number of carbonyl (C=O) groups is 2. The van der Waals surface area contributed by atoms with Gasteiger partial charge in [-0.15, -0.1) is 0 Å². The van der Waals surface area contributed by atoms with Gasteiger partial charge in [0.05, 0.1) is 5.69 Å². The maximum atomic E-state index is 12.0. The molecule has 0 aromatic heterocycles. The van der Waals surface area contributed by atoms with Gasteiger partial charge in [0.2, 0.25) is 0 Å². The highest BCUT2D eigenvalue weighted by atomic mass is 16.6. The van der Waals surface area contributed by atoms with Crippen LogP contribution in [-0.2, 0) is 11.2 Å². The first kappa shape index (κ1) is 12.6. The lowest BCUT2D eigenvalue weighted by atomic mass is 10.1. The maximum Gasteiger partial charge on any atom is 0.414 e. The molecule has 2 rings (SSSR count). The number of aldehydes is 1. The van der Waals surface area contributed by atoms with Crippen molar-refractivity contribution in [2.45, 2.75) is 32.8 Å². The van der Waals surface area contributed by atoms with Crippen molar-refractivity contribution in [3.05, 3.63) is 29.3 Å². The molecule has 96 valence electrons. The summed E-state index contributed by atoms with van der Waals surface area (Å²) in [7, 11) is 0. The first-order chi connectivity index (χ1) is 8.42. The third kappa shape index (κ3) is 2.37. The number of hydrogen-bond donors (Lipinski definition) is 0. The molecular weight excluding hydrogens is 230 g/mol. The Bertz CT molecular complexity index is 488. The minimum absolute atomic E-state index is 0.357. The molecule has 0 fully saturated rings. The number of rotatable bonds is 1. The van der Waals surface area contributed by atoms with Crippen molar-refractivity contribution < 1.29 is 14.3 Å². The summed E-state index contributed by atoms with van der Waals surface area (Å²) in [5.41, 5.74) is 1.85. The number of amides is 1. The van der Waals surface area contributed by atoms with Gasteiger partial charge >= 0.3 is 6.09 Å². The van der Waals surface area contributed by atoms with Crippen LogP contribution >= 0.6 is 0 Å². The SMILES string of the molecule is CC(C)(C)OC(=O)N1CCc2c(C=O)cccc21. The van der Waals surface area contributed by atoms with Crippen molar-refractivity contribution >= 4 is 18.1 Å². The van der Waals surface area contributed by atoms with E-state index in [2.05, 4.69) is 0 Å². The van der Waals surface area contributed by atoms with Crippen LogP contribution in [0.3, 0.4) is 0 Å². The molecule has 0 spiro atoms. The van der Waals surface area contributed by atoms with E-state index in [1.807, 2.05) is 26.8 Å². The first-order valence-electron chi connectivity index (χ1n) is 6.00. The van der Waals surface area contributed by atoms with Gasteiger partial charge in [0.15, 0.2) is 0 Å². The Morgan fingerprint density at radius 3 is 2.72 bits per heavy atom. The first-order valence-corrected chi connectivity index (χ1v) is 6.00. The quantitative estimate of drug-likeness (QED) is 0.717. The summed E-state index contributed by atoms with van der Waals surface area (Å²) in [6.45, 7) is 6.08. The third-order valence-corrected chi connectivity index (χ3v) is 2.80. The molecule has 0 atom stereocenters. The molecule has 0 unspecified atom stereocenters. The molecule has 0 radical (unpaired) electrons. The third-order valence-electron chi connectivity index (χ3n) is 2.80. The standard InChI is InChI=1S/C14H17NO3/c1-14(2,3)18-13(17)15-8-7-11-10(9-16)5-4-6-12(11)15/h4-6,9H,7-8H2,1-3H3. The summed E-state index contributed by atoms with van der Waals surface area (Å²) in [6, 6.07) is 5.40. The molecule has 1 aromatic rings. The Morgan fingerprint density at radius 2 is 2.11 bits per heavy atom. The predicted octanol–water partition coefficient (Wildman–Crippen LogP) is 2.80. The van der Waals surface area contributed by atoms with Crippen LogP contribution in [0, 0.1) is 0 Å². The van der Waals surface area contributed by atoms with Gasteiger partial charge in [-0.2, -0.15) is 0 Å². The van der Waals surface area contributed by atoms with Gasteiger partial charge in [0.1, 0.15) is 11.9 Å². The number of ether oxygens (including phenoxy) is 1. The molecule has 18 heavy (non-hydrogen) atoms. The van der Waals surface area contributed by atoms with Gasteiger partial charge in [-0.25, -0.2) is 4.79 Å². The number of carbonyl (C=O) groups excluding carboxylic acids is 2. The van der Waals surface area contributed by atoms with Gasteiger partial charge in [-0.1, -0.05) is 12.1 Å². The summed E-state index contributed by atoms with van der Waals surface area (Å²) >= 11 is 0. The lowest BCUT2D eigenvalue weighted by molar-refractivity contribution is 0.0584. The van der Waals surface area contributed by atoms with E-state index >= 15 is 0 Å². The molecule has 0 N–H and O–H groups in total. The Kier molecular flexibility index (Phi) is 3.11. The summed E-state index contributed by atoms with van der Waals surface area (Å²) < 4.78 is 5.35. The van der Waals surface area contributed by atoms with E-state index in [0.717, 1.165) is 17.5 Å². The van der Waals surface area contributed by atoms with Crippen LogP contribution in [0.1, 0.15) is 36.7 Å². The second-order valence-corrected chi connectivity index (χ2v) is 5.34. The molecule has 0 saturated heterocycles. The normalized spacial score (nSPS) is 14.3. The van der Waals surface area contributed by atoms with Crippen molar-refractivity contribution in [3.63, 3.8) is 0 Å². The molecule has 1 heterocycles. The molecule has 1 amide bonds. The topological polar surface area (TPSA) is 46.6 Å². The van der Waals surface area contributed by atoms with Crippen molar-refractivity contribution in [1.82, 2.24) is 0 Å². The number of anilines is 1. The average Bonchev–Trinajstić information content (AvgIpc) is 2.69. The lowest BCUT2D eigenvalue weighted by Gasteiger charge is -2.24. The molecule has 4 nitrogen and oxygen atoms in total. The van der Waals surface area contributed by atoms with Crippen molar-refractivity contribution in [1.29, 1.82) is 0 Å². The van der Waals surface area contributed by atoms with Gasteiger partial charge in [0, 0.05) is 12.1 Å². The van der Waals surface area contributed by atoms with Crippen molar-refractivity contribution in [3.8, 4) is 0 Å². The zero-order chi connectivity index (χ0) is 13.3. The fourth-order valence-corrected chi connectivity index (χ4v) is 2.08. The Balaban J connectivity index is 2.27. The summed E-state index contributed by atoms with van der Waals surface area (Å²) in [6.07, 6.45) is 1.17. The Labute approximate surface area is 107 Å². The Hall–Kier alpha value is -1.84. The zero-order valence-corrected chi connectivity index (χ0v) is 10.9. The molecule has 1 aliphatic rings. The molecular formula is C14H17NO3. The molecule has 1 aliphatic heterocycles. The summed E-state index contributed by atoms with van der Waals surface area (Å²) in [4.78, 5) is 24.6. The number of nitrogens with zero attached hydrogens (tertiary/aromatic N) is 1. The van der Waals surface area contributed by atoms with Crippen LogP contribution < -0.4 is 4.90 Å². The summed E-state index contributed by atoms with van der Waals surface area (Å²) in [5, 5.41) is 0. The van der Waals surface area contributed by atoms with E-state index in [1.54, 1.807) is 17.0 Å². The van der Waals surface area contributed by atoms with Crippen LogP contribution in [0.25, 0.3) is 0 Å². The largest absolute Gasteiger partial charge is 0.443 e. The van der Waals surface area contributed by atoms with Crippen LogP contribution in [0.2, 0.25) is 0 Å². The van der Waals surface area contributed by atoms with Gasteiger partial charge in [0.25, 0.3) is 0 Å². The van der Waals surface area contributed by atoms with Crippen molar-refractivity contribution in [2.75, 3.05) is 11.4 Å².